The normalized spacial score (nSPS) is 13.1. The monoisotopic (exact) mass is 207 g/mol. The van der Waals surface area contributed by atoms with Crippen LogP contribution in [0.15, 0.2) is 24.3 Å². The number of benzene rings is 1. The molecule has 0 heterocycles. The Morgan fingerprint density at radius 1 is 1.20 bits per heavy atom. The summed E-state index contributed by atoms with van der Waals surface area (Å²) in [4.78, 5) is 2.10. The molecular weight excluding hydrogens is 186 g/mol. The fourth-order valence-corrected chi connectivity index (χ4v) is 1.51. The minimum atomic E-state index is -0.227. The quantitative estimate of drug-likeness (QED) is 0.796. The molecule has 15 heavy (non-hydrogen) atoms. The van der Waals surface area contributed by atoms with Gasteiger partial charge in [-0.2, -0.15) is 0 Å². The van der Waals surface area contributed by atoms with E-state index in [0.29, 0.717) is 0 Å². The molecular formula is C13H21NO. The van der Waals surface area contributed by atoms with Crippen molar-refractivity contribution in [3.63, 3.8) is 0 Å². The van der Waals surface area contributed by atoms with Gasteiger partial charge in [0.1, 0.15) is 0 Å². The van der Waals surface area contributed by atoms with Crippen molar-refractivity contribution in [2.45, 2.75) is 25.9 Å². The average Bonchev–Trinajstić information content (AvgIpc) is 2.19. The van der Waals surface area contributed by atoms with Crippen molar-refractivity contribution in [2.24, 2.45) is 0 Å². The SMILES string of the molecule is Cc1ccc(CC(O)CCN(C)C)cc1. The predicted octanol–water partition coefficient (Wildman–Crippen LogP) is 1.85. The summed E-state index contributed by atoms with van der Waals surface area (Å²) in [6, 6.07) is 8.37. The summed E-state index contributed by atoms with van der Waals surface area (Å²) in [5.74, 6) is 0. The zero-order valence-electron chi connectivity index (χ0n) is 9.90. The second kappa shape index (κ2) is 5.89. The van der Waals surface area contributed by atoms with Gasteiger partial charge in [0.25, 0.3) is 0 Å². The highest BCUT2D eigenvalue weighted by atomic mass is 16.3. The highest BCUT2D eigenvalue weighted by Crippen LogP contribution is 2.08. The van der Waals surface area contributed by atoms with Crippen LogP contribution in [0.3, 0.4) is 0 Å². The Bertz CT molecular complexity index is 279. The van der Waals surface area contributed by atoms with Crippen molar-refractivity contribution in [1.29, 1.82) is 0 Å². The maximum atomic E-state index is 9.79. The van der Waals surface area contributed by atoms with E-state index in [4.69, 9.17) is 0 Å². The van der Waals surface area contributed by atoms with Crippen molar-refractivity contribution in [3.05, 3.63) is 35.4 Å². The van der Waals surface area contributed by atoms with Crippen molar-refractivity contribution >= 4 is 0 Å². The van der Waals surface area contributed by atoms with E-state index in [-0.39, 0.29) is 6.10 Å². The van der Waals surface area contributed by atoms with Crippen LogP contribution in [0.2, 0.25) is 0 Å². The fourth-order valence-electron chi connectivity index (χ4n) is 1.51. The van der Waals surface area contributed by atoms with E-state index in [1.807, 2.05) is 14.1 Å². The molecule has 0 saturated carbocycles. The topological polar surface area (TPSA) is 23.5 Å². The molecule has 84 valence electrons. The maximum absolute atomic E-state index is 9.79. The number of rotatable bonds is 5. The van der Waals surface area contributed by atoms with Crippen molar-refractivity contribution in [3.8, 4) is 0 Å². The average molecular weight is 207 g/mol. The van der Waals surface area contributed by atoms with Gasteiger partial charge in [-0.25, -0.2) is 0 Å². The molecule has 0 aromatic heterocycles. The minimum Gasteiger partial charge on any atom is -0.393 e. The number of aliphatic hydroxyl groups excluding tert-OH is 1. The third-order valence-electron chi connectivity index (χ3n) is 2.50. The molecule has 0 spiro atoms. The number of hydrogen-bond acceptors (Lipinski definition) is 2. The third kappa shape index (κ3) is 4.96. The molecule has 0 saturated heterocycles. The first-order valence-corrected chi connectivity index (χ1v) is 5.46. The summed E-state index contributed by atoms with van der Waals surface area (Å²) >= 11 is 0. The molecule has 0 amide bonds. The van der Waals surface area contributed by atoms with Crippen molar-refractivity contribution in [2.75, 3.05) is 20.6 Å². The van der Waals surface area contributed by atoms with Gasteiger partial charge >= 0.3 is 0 Å². The molecule has 1 aromatic rings. The van der Waals surface area contributed by atoms with E-state index in [2.05, 4.69) is 36.1 Å². The van der Waals surface area contributed by atoms with E-state index in [0.717, 1.165) is 19.4 Å². The van der Waals surface area contributed by atoms with Gasteiger partial charge in [-0.15, -0.1) is 0 Å². The van der Waals surface area contributed by atoms with Gasteiger partial charge in [-0.1, -0.05) is 29.8 Å². The van der Waals surface area contributed by atoms with Crippen molar-refractivity contribution in [1.82, 2.24) is 4.90 Å². The highest BCUT2D eigenvalue weighted by molar-refractivity contribution is 5.21. The molecule has 2 nitrogen and oxygen atoms in total. The standard InChI is InChI=1S/C13H21NO/c1-11-4-6-12(7-5-11)10-13(15)8-9-14(2)3/h4-7,13,15H,8-10H2,1-3H3. The molecule has 0 bridgehead atoms. The van der Waals surface area contributed by atoms with Gasteiger partial charge < -0.3 is 10.0 Å². The van der Waals surface area contributed by atoms with Gasteiger partial charge in [0.05, 0.1) is 6.10 Å². The van der Waals surface area contributed by atoms with Gasteiger partial charge in [0, 0.05) is 0 Å². The Hall–Kier alpha value is -0.860. The smallest absolute Gasteiger partial charge is 0.0592 e. The van der Waals surface area contributed by atoms with Crippen molar-refractivity contribution < 1.29 is 5.11 Å². The molecule has 2 heteroatoms. The van der Waals surface area contributed by atoms with Gasteiger partial charge in [-0.05, 0) is 46.0 Å². The van der Waals surface area contributed by atoms with Crippen LogP contribution in [0.4, 0.5) is 0 Å². The Morgan fingerprint density at radius 2 is 1.80 bits per heavy atom. The zero-order chi connectivity index (χ0) is 11.3. The summed E-state index contributed by atoms with van der Waals surface area (Å²) in [5.41, 5.74) is 2.48. The zero-order valence-corrected chi connectivity index (χ0v) is 9.90. The van der Waals surface area contributed by atoms with Crippen LogP contribution in [-0.2, 0) is 6.42 Å². The summed E-state index contributed by atoms with van der Waals surface area (Å²) in [7, 11) is 4.05. The third-order valence-corrected chi connectivity index (χ3v) is 2.50. The lowest BCUT2D eigenvalue weighted by molar-refractivity contribution is 0.152. The number of aryl methyl sites for hydroxylation is 1. The summed E-state index contributed by atoms with van der Waals surface area (Å²) in [5, 5.41) is 9.79. The van der Waals surface area contributed by atoms with E-state index in [1.54, 1.807) is 0 Å². The van der Waals surface area contributed by atoms with E-state index >= 15 is 0 Å². The molecule has 1 rings (SSSR count). The van der Waals surface area contributed by atoms with E-state index in [1.165, 1.54) is 11.1 Å². The Balaban J connectivity index is 2.37. The lowest BCUT2D eigenvalue weighted by atomic mass is 10.0. The summed E-state index contributed by atoms with van der Waals surface area (Å²) in [6.07, 6.45) is 1.37. The first-order chi connectivity index (χ1) is 7.08. The second-order valence-corrected chi connectivity index (χ2v) is 4.44. The molecule has 0 fully saturated rings. The summed E-state index contributed by atoms with van der Waals surface area (Å²) in [6.45, 7) is 3.01. The van der Waals surface area contributed by atoms with Crippen LogP contribution in [0.25, 0.3) is 0 Å². The highest BCUT2D eigenvalue weighted by Gasteiger charge is 2.05. The van der Waals surface area contributed by atoms with Crippen LogP contribution in [0.1, 0.15) is 17.5 Å². The van der Waals surface area contributed by atoms with Gasteiger partial charge in [-0.3, -0.25) is 0 Å². The lowest BCUT2D eigenvalue weighted by Gasteiger charge is -2.14. The largest absolute Gasteiger partial charge is 0.393 e. The van der Waals surface area contributed by atoms with E-state index in [9.17, 15) is 5.11 Å². The minimum absolute atomic E-state index is 0.227. The van der Waals surface area contributed by atoms with Crippen LogP contribution in [0.5, 0.6) is 0 Å². The van der Waals surface area contributed by atoms with Gasteiger partial charge in [0.2, 0.25) is 0 Å². The Labute approximate surface area is 92.5 Å². The van der Waals surface area contributed by atoms with Crippen LogP contribution in [-0.4, -0.2) is 36.8 Å². The molecule has 0 radical (unpaired) electrons. The molecule has 1 unspecified atom stereocenters. The molecule has 0 aliphatic rings. The van der Waals surface area contributed by atoms with Crippen LogP contribution in [0, 0.1) is 6.92 Å². The van der Waals surface area contributed by atoms with Crippen LogP contribution >= 0.6 is 0 Å². The lowest BCUT2D eigenvalue weighted by Crippen LogP contribution is -2.20. The van der Waals surface area contributed by atoms with Crippen LogP contribution < -0.4 is 0 Å². The maximum Gasteiger partial charge on any atom is 0.0592 e. The molecule has 1 atom stereocenters. The predicted molar refractivity (Wildman–Crippen MR) is 64.1 cm³/mol. The fraction of sp³-hybridized carbons (Fsp3) is 0.538. The Morgan fingerprint density at radius 3 is 2.33 bits per heavy atom. The molecule has 1 aromatic carbocycles. The molecule has 0 aliphatic heterocycles. The van der Waals surface area contributed by atoms with Gasteiger partial charge in [0.15, 0.2) is 0 Å². The Kier molecular flexibility index (Phi) is 4.79. The molecule has 1 N–H and O–H groups in total. The first-order valence-electron chi connectivity index (χ1n) is 5.46. The molecule has 0 aliphatic carbocycles. The van der Waals surface area contributed by atoms with E-state index < -0.39 is 0 Å². The summed E-state index contributed by atoms with van der Waals surface area (Å²) < 4.78 is 0. The number of hydrogen-bond donors (Lipinski definition) is 1. The number of nitrogens with zero attached hydrogens (tertiary/aromatic N) is 1. The number of aliphatic hydroxyl groups is 1. The second-order valence-electron chi connectivity index (χ2n) is 4.44. The first kappa shape index (κ1) is 12.2.